The zero-order chi connectivity index (χ0) is 15.2. The highest BCUT2D eigenvalue weighted by Crippen LogP contribution is 2.21. The number of rotatable bonds is 5. The maximum atomic E-state index is 12.5. The summed E-state index contributed by atoms with van der Waals surface area (Å²) >= 11 is 5.94. The molecule has 0 unspecified atom stereocenters. The number of pyridine rings is 1. The van der Waals surface area contributed by atoms with Gasteiger partial charge >= 0.3 is 5.97 Å². The number of carbonyl (C=O) groups excluding carboxylic acids is 1. The first-order chi connectivity index (χ1) is 10.1. The molecule has 0 spiro atoms. The normalized spacial score (nSPS) is 10.1. The molecule has 0 saturated heterocycles. The molecule has 1 aromatic heterocycles. The summed E-state index contributed by atoms with van der Waals surface area (Å²) in [6, 6.07) is 9.92. The summed E-state index contributed by atoms with van der Waals surface area (Å²) in [5.41, 5.74) is 1.00. The summed E-state index contributed by atoms with van der Waals surface area (Å²) < 4.78 is 0. The largest absolute Gasteiger partial charge is 0.481 e. The van der Waals surface area contributed by atoms with Crippen LogP contribution in [0.2, 0.25) is 5.02 Å². The van der Waals surface area contributed by atoms with Gasteiger partial charge < -0.3 is 10.0 Å². The zero-order valence-electron chi connectivity index (χ0n) is 11.1. The van der Waals surface area contributed by atoms with Crippen LogP contribution in [0.15, 0.2) is 48.8 Å². The third-order valence-corrected chi connectivity index (χ3v) is 3.08. The first kappa shape index (κ1) is 15.0. The van der Waals surface area contributed by atoms with Crippen molar-refractivity contribution in [2.24, 2.45) is 0 Å². The maximum Gasteiger partial charge on any atom is 0.305 e. The van der Waals surface area contributed by atoms with Crippen molar-refractivity contribution in [3.8, 4) is 0 Å². The summed E-state index contributed by atoms with van der Waals surface area (Å²) in [5.74, 6) is -1.26. The Morgan fingerprint density at radius 1 is 1.19 bits per heavy atom. The minimum Gasteiger partial charge on any atom is -0.481 e. The van der Waals surface area contributed by atoms with Crippen molar-refractivity contribution in [1.29, 1.82) is 0 Å². The summed E-state index contributed by atoms with van der Waals surface area (Å²) in [6.45, 7) is 0.0663. The van der Waals surface area contributed by atoms with Gasteiger partial charge in [0.2, 0.25) is 0 Å². The molecule has 0 aliphatic rings. The summed E-state index contributed by atoms with van der Waals surface area (Å²) in [4.78, 5) is 28.6. The molecule has 6 heteroatoms. The molecule has 2 aromatic rings. The molecule has 0 bridgehead atoms. The van der Waals surface area contributed by atoms with Crippen molar-refractivity contribution in [2.75, 3.05) is 11.4 Å². The topological polar surface area (TPSA) is 70.5 Å². The number of carboxylic acid groups (broad SMARTS) is 1. The molecular formula is C15H13ClN2O3. The fraction of sp³-hybridized carbons (Fsp3) is 0.133. The lowest BCUT2D eigenvalue weighted by Crippen LogP contribution is -2.33. The van der Waals surface area contributed by atoms with Crippen LogP contribution in [0, 0.1) is 0 Å². The van der Waals surface area contributed by atoms with Gasteiger partial charge in [0, 0.05) is 35.2 Å². The molecule has 5 nitrogen and oxygen atoms in total. The van der Waals surface area contributed by atoms with E-state index >= 15 is 0 Å². The molecule has 0 radical (unpaired) electrons. The van der Waals surface area contributed by atoms with Crippen molar-refractivity contribution in [3.63, 3.8) is 0 Å². The van der Waals surface area contributed by atoms with E-state index in [1.54, 1.807) is 36.4 Å². The quantitative estimate of drug-likeness (QED) is 0.922. The molecule has 0 fully saturated rings. The van der Waals surface area contributed by atoms with Gasteiger partial charge in [-0.15, -0.1) is 0 Å². The van der Waals surface area contributed by atoms with Crippen LogP contribution >= 0.6 is 11.6 Å². The molecule has 0 aliphatic heterocycles. The van der Waals surface area contributed by atoms with Crippen molar-refractivity contribution >= 4 is 29.2 Å². The number of hydrogen-bond donors (Lipinski definition) is 1. The number of amides is 1. The lowest BCUT2D eigenvalue weighted by molar-refractivity contribution is -0.136. The number of hydrogen-bond acceptors (Lipinski definition) is 3. The third kappa shape index (κ3) is 4.03. The first-order valence-corrected chi connectivity index (χ1v) is 6.65. The zero-order valence-corrected chi connectivity index (χ0v) is 11.8. The average Bonchev–Trinajstić information content (AvgIpc) is 2.48. The van der Waals surface area contributed by atoms with E-state index in [-0.39, 0.29) is 18.9 Å². The fourth-order valence-electron chi connectivity index (χ4n) is 1.85. The Balaban J connectivity index is 2.32. The summed E-state index contributed by atoms with van der Waals surface area (Å²) in [7, 11) is 0. The third-order valence-electron chi connectivity index (χ3n) is 2.84. The molecule has 1 N–H and O–H groups in total. The summed E-state index contributed by atoms with van der Waals surface area (Å²) in [6.07, 6.45) is 2.88. The van der Waals surface area contributed by atoms with Gasteiger partial charge in [0.05, 0.1) is 6.42 Å². The van der Waals surface area contributed by atoms with Gasteiger partial charge in [-0.1, -0.05) is 17.7 Å². The van der Waals surface area contributed by atoms with E-state index < -0.39 is 5.97 Å². The van der Waals surface area contributed by atoms with Crippen LogP contribution < -0.4 is 4.90 Å². The Hall–Kier alpha value is -2.40. The van der Waals surface area contributed by atoms with Gasteiger partial charge in [0.1, 0.15) is 0 Å². The number of carbonyl (C=O) groups is 2. The van der Waals surface area contributed by atoms with Gasteiger partial charge in [-0.3, -0.25) is 14.6 Å². The lowest BCUT2D eigenvalue weighted by Gasteiger charge is -2.22. The molecule has 21 heavy (non-hydrogen) atoms. The number of nitrogens with zero attached hydrogens (tertiary/aromatic N) is 2. The Morgan fingerprint density at radius 3 is 2.52 bits per heavy atom. The van der Waals surface area contributed by atoms with Crippen LogP contribution in [0.4, 0.5) is 5.69 Å². The second-order valence-electron chi connectivity index (χ2n) is 4.32. The first-order valence-electron chi connectivity index (χ1n) is 6.27. The lowest BCUT2D eigenvalue weighted by atomic mass is 10.2. The standard InChI is InChI=1S/C15H13ClN2O3/c16-12-2-1-3-13(10-12)18(9-6-14(19)20)15(21)11-4-7-17-8-5-11/h1-5,7-8,10H,6,9H2,(H,19,20). The monoisotopic (exact) mass is 304 g/mol. The molecule has 0 atom stereocenters. The number of benzene rings is 1. The van der Waals surface area contributed by atoms with E-state index in [0.29, 0.717) is 16.3 Å². The van der Waals surface area contributed by atoms with Gasteiger partial charge in [-0.05, 0) is 30.3 Å². The summed E-state index contributed by atoms with van der Waals surface area (Å²) in [5, 5.41) is 9.32. The Bertz CT molecular complexity index is 646. The number of aliphatic carboxylic acids is 1. The molecule has 108 valence electrons. The van der Waals surface area contributed by atoms with Crippen LogP contribution in [0.1, 0.15) is 16.8 Å². The molecule has 1 heterocycles. The molecule has 2 rings (SSSR count). The van der Waals surface area contributed by atoms with Crippen LogP contribution in [0.25, 0.3) is 0 Å². The minimum atomic E-state index is -0.968. The number of halogens is 1. The number of aromatic nitrogens is 1. The van der Waals surface area contributed by atoms with Crippen LogP contribution in [-0.2, 0) is 4.79 Å². The van der Waals surface area contributed by atoms with E-state index in [4.69, 9.17) is 16.7 Å². The van der Waals surface area contributed by atoms with Crippen molar-refractivity contribution in [2.45, 2.75) is 6.42 Å². The maximum absolute atomic E-state index is 12.5. The highest BCUT2D eigenvalue weighted by atomic mass is 35.5. The Morgan fingerprint density at radius 2 is 1.90 bits per heavy atom. The molecular weight excluding hydrogens is 292 g/mol. The molecule has 1 aromatic carbocycles. The SMILES string of the molecule is O=C(O)CCN(C(=O)c1ccncc1)c1cccc(Cl)c1. The van der Waals surface area contributed by atoms with Gasteiger partial charge in [-0.2, -0.15) is 0 Å². The Labute approximate surface area is 126 Å². The average molecular weight is 305 g/mol. The smallest absolute Gasteiger partial charge is 0.305 e. The number of carboxylic acids is 1. The van der Waals surface area contributed by atoms with Gasteiger partial charge in [0.15, 0.2) is 0 Å². The fourth-order valence-corrected chi connectivity index (χ4v) is 2.03. The van der Waals surface area contributed by atoms with Crippen molar-refractivity contribution in [3.05, 3.63) is 59.4 Å². The molecule has 0 saturated carbocycles. The highest BCUT2D eigenvalue weighted by Gasteiger charge is 2.18. The second kappa shape index (κ2) is 6.85. The number of anilines is 1. The predicted molar refractivity (Wildman–Crippen MR) is 79.6 cm³/mol. The van der Waals surface area contributed by atoms with E-state index in [0.717, 1.165) is 0 Å². The van der Waals surface area contributed by atoms with E-state index in [1.165, 1.54) is 17.3 Å². The highest BCUT2D eigenvalue weighted by molar-refractivity contribution is 6.31. The molecule has 0 aliphatic carbocycles. The van der Waals surface area contributed by atoms with Crippen LogP contribution in [0.3, 0.4) is 0 Å². The van der Waals surface area contributed by atoms with E-state index in [9.17, 15) is 9.59 Å². The van der Waals surface area contributed by atoms with Gasteiger partial charge in [0.25, 0.3) is 5.91 Å². The Kier molecular flexibility index (Phi) is 4.90. The second-order valence-corrected chi connectivity index (χ2v) is 4.75. The minimum absolute atomic E-state index is 0.0663. The van der Waals surface area contributed by atoms with E-state index in [1.807, 2.05) is 0 Å². The van der Waals surface area contributed by atoms with E-state index in [2.05, 4.69) is 4.98 Å². The van der Waals surface area contributed by atoms with Crippen LogP contribution in [0.5, 0.6) is 0 Å². The molecule has 1 amide bonds. The van der Waals surface area contributed by atoms with Crippen molar-refractivity contribution in [1.82, 2.24) is 4.98 Å². The van der Waals surface area contributed by atoms with Crippen LogP contribution in [-0.4, -0.2) is 28.5 Å². The predicted octanol–water partition coefficient (Wildman–Crippen LogP) is 2.86. The van der Waals surface area contributed by atoms with Gasteiger partial charge in [-0.25, -0.2) is 0 Å². The van der Waals surface area contributed by atoms with Crippen molar-refractivity contribution < 1.29 is 14.7 Å².